The van der Waals surface area contributed by atoms with Gasteiger partial charge >= 0.3 is 0 Å². The van der Waals surface area contributed by atoms with Crippen LogP contribution in [-0.2, 0) is 12.8 Å². The molecule has 0 aromatic carbocycles. The third-order valence-electron chi connectivity index (χ3n) is 5.10. The van der Waals surface area contributed by atoms with Gasteiger partial charge in [0.25, 0.3) is 0 Å². The summed E-state index contributed by atoms with van der Waals surface area (Å²) in [6, 6.07) is 0. The first kappa shape index (κ1) is 16.7. The Hall–Kier alpha value is -1.20. The number of thiophene rings is 1. The van der Waals surface area contributed by atoms with Crippen LogP contribution in [0.1, 0.15) is 44.6 Å². The third-order valence-corrected chi connectivity index (χ3v) is 6.26. The van der Waals surface area contributed by atoms with E-state index in [1.807, 2.05) is 11.3 Å². The van der Waals surface area contributed by atoms with Gasteiger partial charge in [0.2, 0.25) is 0 Å². The number of hydrogen-bond acceptors (Lipinski definition) is 5. The van der Waals surface area contributed by atoms with Crippen molar-refractivity contribution in [1.29, 1.82) is 0 Å². The van der Waals surface area contributed by atoms with Crippen LogP contribution < -0.4 is 4.90 Å². The number of aliphatic hydroxyl groups is 1. The first-order valence-electron chi connectivity index (χ1n) is 8.56. The standard InChI is InChI=1S/C18H27N3OS/c1-5-21(8-9-22)16-15-13-7-6-12(18(2,3)4)10-14(13)23-17(15)20-11-19-16/h11-12,22H,5-10H2,1-4H3. The maximum Gasteiger partial charge on any atom is 0.141 e. The molecular formula is C18H27N3OS. The Labute approximate surface area is 142 Å². The van der Waals surface area contributed by atoms with Gasteiger partial charge in [-0.05, 0) is 43.1 Å². The second kappa shape index (κ2) is 6.36. The van der Waals surface area contributed by atoms with E-state index >= 15 is 0 Å². The lowest BCUT2D eigenvalue weighted by Gasteiger charge is -2.34. The molecule has 0 amide bonds. The summed E-state index contributed by atoms with van der Waals surface area (Å²) in [7, 11) is 0. The van der Waals surface area contributed by atoms with Gasteiger partial charge in [-0.3, -0.25) is 0 Å². The first-order chi connectivity index (χ1) is 11.0. The number of aryl methyl sites for hydroxylation is 1. The number of likely N-dealkylation sites (N-methyl/N-ethyl adjacent to an activating group) is 1. The number of nitrogens with zero attached hydrogens (tertiary/aromatic N) is 3. The van der Waals surface area contributed by atoms with Gasteiger partial charge in [0.15, 0.2) is 0 Å². The number of aromatic nitrogens is 2. The molecule has 2 aromatic rings. The van der Waals surface area contributed by atoms with Gasteiger partial charge in [-0.15, -0.1) is 11.3 Å². The lowest BCUT2D eigenvalue weighted by atomic mass is 9.72. The fraction of sp³-hybridized carbons (Fsp3) is 0.667. The molecule has 126 valence electrons. The van der Waals surface area contributed by atoms with Crippen LogP contribution in [0, 0.1) is 11.3 Å². The number of aliphatic hydroxyl groups excluding tert-OH is 1. The van der Waals surface area contributed by atoms with Gasteiger partial charge in [0.1, 0.15) is 17.0 Å². The monoisotopic (exact) mass is 333 g/mol. The van der Waals surface area contributed by atoms with Crippen molar-refractivity contribution in [3.63, 3.8) is 0 Å². The molecule has 1 unspecified atom stereocenters. The summed E-state index contributed by atoms with van der Waals surface area (Å²) in [5.41, 5.74) is 1.81. The Morgan fingerprint density at radius 2 is 2.13 bits per heavy atom. The zero-order valence-electron chi connectivity index (χ0n) is 14.6. The fourth-order valence-corrected chi connectivity index (χ4v) is 4.87. The summed E-state index contributed by atoms with van der Waals surface area (Å²) in [5.74, 6) is 1.73. The van der Waals surface area contributed by atoms with Gasteiger partial charge < -0.3 is 10.0 Å². The van der Waals surface area contributed by atoms with Crippen LogP contribution in [0.5, 0.6) is 0 Å². The van der Waals surface area contributed by atoms with Crippen LogP contribution in [0.3, 0.4) is 0 Å². The molecule has 1 aliphatic rings. The van der Waals surface area contributed by atoms with Crippen molar-refractivity contribution in [1.82, 2.24) is 9.97 Å². The molecule has 0 fully saturated rings. The fourth-order valence-electron chi connectivity index (χ4n) is 3.61. The molecule has 23 heavy (non-hydrogen) atoms. The predicted octanol–water partition coefficient (Wildman–Crippen LogP) is 3.66. The number of fused-ring (bicyclic) bond motifs is 3. The molecule has 1 N–H and O–H groups in total. The van der Waals surface area contributed by atoms with Crippen molar-refractivity contribution in [2.24, 2.45) is 11.3 Å². The van der Waals surface area contributed by atoms with E-state index in [-0.39, 0.29) is 6.61 Å². The van der Waals surface area contributed by atoms with Crippen LogP contribution in [0.4, 0.5) is 5.82 Å². The summed E-state index contributed by atoms with van der Waals surface area (Å²) < 4.78 is 0. The van der Waals surface area contributed by atoms with Gasteiger partial charge in [-0.1, -0.05) is 20.8 Å². The van der Waals surface area contributed by atoms with Crippen molar-refractivity contribution >= 4 is 27.4 Å². The van der Waals surface area contributed by atoms with Crippen molar-refractivity contribution in [3.05, 3.63) is 16.8 Å². The van der Waals surface area contributed by atoms with E-state index in [9.17, 15) is 5.11 Å². The van der Waals surface area contributed by atoms with Crippen LogP contribution in [-0.4, -0.2) is 34.8 Å². The van der Waals surface area contributed by atoms with Gasteiger partial charge in [0.05, 0.1) is 12.0 Å². The van der Waals surface area contributed by atoms with Gasteiger partial charge in [0, 0.05) is 18.0 Å². The molecule has 0 aliphatic heterocycles. The molecule has 3 rings (SSSR count). The van der Waals surface area contributed by atoms with Crippen LogP contribution in [0.25, 0.3) is 10.2 Å². The van der Waals surface area contributed by atoms with E-state index in [2.05, 4.69) is 42.6 Å². The highest BCUT2D eigenvalue weighted by Gasteiger charge is 2.32. The average Bonchev–Trinajstić information content (AvgIpc) is 2.89. The normalized spacial score (nSPS) is 18.2. The second-order valence-corrected chi connectivity index (χ2v) is 8.57. The minimum Gasteiger partial charge on any atom is -0.395 e. The maximum atomic E-state index is 9.33. The molecule has 0 saturated heterocycles. The molecule has 2 heterocycles. The molecule has 0 radical (unpaired) electrons. The smallest absolute Gasteiger partial charge is 0.141 e. The minimum absolute atomic E-state index is 0.151. The van der Waals surface area contributed by atoms with Crippen LogP contribution >= 0.6 is 11.3 Å². The minimum atomic E-state index is 0.151. The average molecular weight is 334 g/mol. The molecule has 1 aliphatic carbocycles. The largest absolute Gasteiger partial charge is 0.395 e. The Balaban J connectivity index is 2.05. The van der Waals surface area contributed by atoms with Crippen molar-refractivity contribution in [2.45, 2.75) is 47.0 Å². The lowest BCUT2D eigenvalue weighted by Crippen LogP contribution is -2.28. The number of rotatable bonds is 4. The lowest BCUT2D eigenvalue weighted by molar-refractivity contribution is 0.218. The molecule has 0 spiro atoms. The Morgan fingerprint density at radius 1 is 1.35 bits per heavy atom. The molecular weight excluding hydrogens is 306 g/mol. The van der Waals surface area contributed by atoms with E-state index in [0.29, 0.717) is 12.0 Å². The van der Waals surface area contributed by atoms with Crippen molar-refractivity contribution in [2.75, 3.05) is 24.6 Å². The first-order valence-corrected chi connectivity index (χ1v) is 9.38. The van der Waals surface area contributed by atoms with E-state index < -0.39 is 0 Å². The Bertz CT molecular complexity index is 689. The highest BCUT2D eigenvalue weighted by Crippen LogP contribution is 2.44. The highest BCUT2D eigenvalue weighted by molar-refractivity contribution is 7.19. The van der Waals surface area contributed by atoms with E-state index in [4.69, 9.17) is 0 Å². The number of anilines is 1. The molecule has 1 atom stereocenters. The molecule has 0 bridgehead atoms. The van der Waals surface area contributed by atoms with Crippen LogP contribution in [0.2, 0.25) is 0 Å². The molecule has 2 aromatic heterocycles. The second-order valence-electron chi connectivity index (χ2n) is 7.49. The summed E-state index contributed by atoms with van der Waals surface area (Å²) in [6.07, 6.45) is 5.18. The number of hydrogen-bond donors (Lipinski definition) is 1. The summed E-state index contributed by atoms with van der Waals surface area (Å²) in [5, 5.41) is 10.6. The molecule has 4 nitrogen and oxygen atoms in total. The predicted molar refractivity (Wildman–Crippen MR) is 97.4 cm³/mol. The molecule has 5 heteroatoms. The van der Waals surface area contributed by atoms with E-state index in [0.717, 1.165) is 36.0 Å². The third kappa shape index (κ3) is 3.09. The van der Waals surface area contributed by atoms with Crippen LogP contribution in [0.15, 0.2) is 6.33 Å². The maximum absolute atomic E-state index is 9.33. The topological polar surface area (TPSA) is 49.2 Å². The summed E-state index contributed by atoms with van der Waals surface area (Å²) >= 11 is 1.84. The highest BCUT2D eigenvalue weighted by atomic mass is 32.1. The summed E-state index contributed by atoms with van der Waals surface area (Å²) in [6.45, 7) is 10.8. The Morgan fingerprint density at radius 3 is 2.78 bits per heavy atom. The van der Waals surface area contributed by atoms with E-state index in [1.165, 1.54) is 22.2 Å². The van der Waals surface area contributed by atoms with E-state index in [1.54, 1.807) is 6.33 Å². The molecule has 0 saturated carbocycles. The zero-order valence-corrected chi connectivity index (χ0v) is 15.4. The Kier molecular flexibility index (Phi) is 4.61. The zero-order chi connectivity index (χ0) is 16.6. The van der Waals surface area contributed by atoms with Gasteiger partial charge in [-0.2, -0.15) is 0 Å². The van der Waals surface area contributed by atoms with Crippen molar-refractivity contribution < 1.29 is 5.11 Å². The quantitative estimate of drug-likeness (QED) is 0.927. The van der Waals surface area contributed by atoms with Crippen molar-refractivity contribution in [3.8, 4) is 0 Å². The summed E-state index contributed by atoms with van der Waals surface area (Å²) in [4.78, 5) is 13.8. The van der Waals surface area contributed by atoms with Gasteiger partial charge in [-0.25, -0.2) is 9.97 Å². The SMILES string of the molecule is CCN(CCO)c1ncnc2sc3c(c12)CCC(C(C)(C)C)C3.